The first-order valence-corrected chi connectivity index (χ1v) is 6.13. The Morgan fingerprint density at radius 1 is 1.45 bits per heavy atom. The maximum Gasteiger partial charge on any atom is 0.327 e. The summed E-state index contributed by atoms with van der Waals surface area (Å²) < 4.78 is 0. The molecule has 1 amide bonds. The van der Waals surface area contributed by atoms with Crippen LogP contribution in [0.15, 0.2) is 21.9 Å². The molecule has 0 saturated carbocycles. The van der Waals surface area contributed by atoms with Crippen molar-refractivity contribution in [3.63, 3.8) is 0 Å². The van der Waals surface area contributed by atoms with Gasteiger partial charge >= 0.3 is 5.69 Å². The first-order chi connectivity index (χ1) is 9.47. The van der Waals surface area contributed by atoms with Crippen LogP contribution in [0, 0.1) is 0 Å². The molecule has 0 aliphatic heterocycles. The minimum absolute atomic E-state index is 0.00190. The van der Waals surface area contributed by atoms with E-state index >= 15 is 0 Å². The lowest BCUT2D eigenvalue weighted by molar-refractivity contribution is 0.0952. The van der Waals surface area contributed by atoms with Crippen molar-refractivity contribution >= 4 is 16.9 Å². The summed E-state index contributed by atoms with van der Waals surface area (Å²) in [6, 6.07) is 1.39. The molecule has 1 atom stereocenters. The molecule has 2 aromatic rings. The predicted octanol–water partition coefficient (Wildman–Crippen LogP) is -0.921. The van der Waals surface area contributed by atoms with Crippen molar-refractivity contribution < 1.29 is 4.79 Å². The van der Waals surface area contributed by atoms with Gasteiger partial charge in [-0.2, -0.15) is 0 Å². The summed E-state index contributed by atoms with van der Waals surface area (Å²) >= 11 is 0. The van der Waals surface area contributed by atoms with Crippen molar-refractivity contribution in [1.82, 2.24) is 20.3 Å². The highest BCUT2D eigenvalue weighted by molar-refractivity contribution is 5.96. The molecular formula is C12H15N5O3. The Hall–Kier alpha value is -2.48. The second-order valence-corrected chi connectivity index (χ2v) is 4.55. The first-order valence-electron chi connectivity index (χ1n) is 6.13. The minimum Gasteiger partial charge on any atom is -0.352 e. The molecule has 0 fully saturated rings. The summed E-state index contributed by atoms with van der Waals surface area (Å²) in [5.41, 5.74) is 4.76. The monoisotopic (exact) mass is 277 g/mol. The first kappa shape index (κ1) is 13.9. The van der Waals surface area contributed by atoms with Gasteiger partial charge in [0.1, 0.15) is 5.65 Å². The van der Waals surface area contributed by atoms with Crippen molar-refractivity contribution in [2.24, 2.45) is 5.73 Å². The second-order valence-electron chi connectivity index (χ2n) is 4.55. The Balaban J connectivity index is 2.25. The lowest BCUT2D eigenvalue weighted by Crippen LogP contribution is -2.29. The van der Waals surface area contributed by atoms with E-state index in [0.717, 1.165) is 0 Å². The van der Waals surface area contributed by atoms with Crippen LogP contribution in [-0.4, -0.2) is 33.4 Å². The molecule has 0 saturated heterocycles. The van der Waals surface area contributed by atoms with Crippen molar-refractivity contribution in [3.8, 4) is 0 Å². The molecule has 2 rings (SSSR count). The van der Waals surface area contributed by atoms with Gasteiger partial charge in [-0.25, -0.2) is 9.78 Å². The fourth-order valence-electron chi connectivity index (χ4n) is 1.69. The van der Waals surface area contributed by atoms with Crippen molar-refractivity contribution in [2.75, 3.05) is 6.54 Å². The smallest absolute Gasteiger partial charge is 0.327 e. The number of hydrogen-bond acceptors (Lipinski definition) is 5. The third-order valence-electron chi connectivity index (χ3n) is 2.74. The van der Waals surface area contributed by atoms with Crippen LogP contribution in [0.1, 0.15) is 23.7 Å². The normalized spacial score (nSPS) is 12.3. The maximum atomic E-state index is 11.9. The summed E-state index contributed by atoms with van der Waals surface area (Å²) in [5.74, 6) is -0.342. The van der Waals surface area contributed by atoms with Crippen LogP contribution in [0.2, 0.25) is 0 Å². The van der Waals surface area contributed by atoms with Crippen LogP contribution < -0.4 is 22.3 Å². The number of nitrogens with two attached hydrogens (primary N) is 1. The zero-order chi connectivity index (χ0) is 14.7. The van der Waals surface area contributed by atoms with E-state index in [9.17, 15) is 14.4 Å². The molecule has 8 heteroatoms. The van der Waals surface area contributed by atoms with Gasteiger partial charge in [-0.15, -0.1) is 0 Å². The van der Waals surface area contributed by atoms with E-state index in [1.807, 2.05) is 6.92 Å². The van der Waals surface area contributed by atoms with Gasteiger partial charge in [-0.1, -0.05) is 0 Å². The SMILES string of the molecule is CC(N)CCNC(=O)c1cnc2[nH]c(=O)[nH]c(=O)c2c1. The average Bonchev–Trinajstić information content (AvgIpc) is 2.37. The molecule has 8 nitrogen and oxygen atoms in total. The molecule has 1 unspecified atom stereocenters. The zero-order valence-electron chi connectivity index (χ0n) is 10.9. The summed E-state index contributed by atoms with van der Waals surface area (Å²) in [5, 5.41) is 2.84. The Kier molecular flexibility index (Phi) is 3.94. The second kappa shape index (κ2) is 5.66. The van der Waals surface area contributed by atoms with Crippen molar-refractivity contribution in [1.29, 1.82) is 0 Å². The van der Waals surface area contributed by atoms with Crippen LogP contribution in [0.3, 0.4) is 0 Å². The van der Waals surface area contributed by atoms with Crippen LogP contribution in [0.4, 0.5) is 0 Å². The topological polar surface area (TPSA) is 134 Å². The van der Waals surface area contributed by atoms with Gasteiger partial charge in [0.25, 0.3) is 11.5 Å². The van der Waals surface area contributed by atoms with Crippen LogP contribution in [0.5, 0.6) is 0 Å². The summed E-state index contributed by atoms with van der Waals surface area (Å²) in [7, 11) is 0. The number of carbonyl (C=O) groups excluding carboxylic acids is 1. The van der Waals surface area contributed by atoms with Crippen LogP contribution in [-0.2, 0) is 0 Å². The number of aromatic amines is 2. The number of H-pyrrole nitrogens is 2. The number of aromatic nitrogens is 3. The molecular weight excluding hydrogens is 262 g/mol. The third-order valence-corrected chi connectivity index (χ3v) is 2.74. The zero-order valence-corrected chi connectivity index (χ0v) is 10.9. The number of nitrogens with zero attached hydrogens (tertiary/aromatic N) is 1. The van der Waals surface area contributed by atoms with E-state index < -0.39 is 11.2 Å². The molecule has 0 aliphatic carbocycles. The van der Waals surface area contributed by atoms with Crippen molar-refractivity contribution in [3.05, 3.63) is 38.7 Å². The number of fused-ring (bicyclic) bond motifs is 1. The van der Waals surface area contributed by atoms with E-state index in [2.05, 4.69) is 20.3 Å². The largest absolute Gasteiger partial charge is 0.352 e. The molecule has 20 heavy (non-hydrogen) atoms. The van der Waals surface area contributed by atoms with Gasteiger partial charge in [-0.3, -0.25) is 19.6 Å². The van der Waals surface area contributed by atoms with E-state index in [0.29, 0.717) is 13.0 Å². The van der Waals surface area contributed by atoms with Gasteiger partial charge in [0.05, 0.1) is 10.9 Å². The number of amides is 1. The number of hydrogen-bond donors (Lipinski definition) is 4. The van der Waals surface area contributed by atoms with E-state index in [4.69, 9.17) is 5.73 Å². The fourth-order valence-corrected chi connectivity index (χ4v) is 1.69. The molecule has 5 N–H and O–H groups in total. The highest BCUT2D eigenvalue weighted by Crippen LogP contribution is 2.05. The third kappa shape index (κ3) is 3.09. The highest BCUT2D eigenvalue weighted by Gasteiger charge is 2.09. The molecule has 0 aliphatic rings. The van der Waals surface area contributed by atoms with Crippen molar-refractivity contribution in [2.45, 2.75) is 19.4 Å². The van der Waals surface area contributed by atoms with Crippen LogP contribution in [0.25, 0.3) is 11.0 Å². The molecule has 0 bridgehead atoms. The number of carbonyl (C=O) groups is 1. The quantitative estimate of drug-likeness (QED) is 0.573. The Labute approximate surface area is 113 Å². The molecule has 0 spiro atoms. The van der Waals surface area contributed by atoms with Gasteiger partial charge < -0.3 is 11.1 Å². The highest BCUT2D eigenvalue weighted by atomic mass is 16.2. The van der Waals surface area contributed by atoms with Gasteiger partial charge in [0.15, 0.2) is 0 Å². The Bertz CT molecular complexity index is 747. The number of rotatable bonds is 4. The molecule has 2 aromatic heterocycles. The summed E-state index contributed by atoms with van der Waals surface area (Å²) in [6.07, 6.45) is 1.96. The van der Waals surface area contributed by atoms with E-state index in [1.54, 1.807) is 0 Å². The minimum atomic E-state index is -0.635. The molecule has 0 radical (unpaired) electrons. The molecule has 2 heterocycles. The number of pyridine rings is 1. The maximum absolute atomic E-state index is 11.9. The Morgan fingerprint density at radius 2 is 2.20 bits per heavy atom. The standard InChI is InChI=1S/C12H15N5O3/c1-6(13)2-3-14-10(18)7-4-8-9(15-5-7)16-12(20)17-11(8)19/h4-6H,2-3,13H2,1H3,(H,14,18)(H2,15,16,17,19,20). The summed E-state index contributed by atoms with van der Waals surface area (Å²) in [4.78, 5) is 42.9. The molecule has 106 valence electrons. The number of nitrogens with one attached hydrogen (secondary N) is 3. The van der Waals surface area contributed by atoms with Gasteiger partial charge in [0.2, 0.25) is 0 Å². The van der Waals surface area contributed by atoms with Gasteiger partial charge in [0, 0.05) is 18.8 Å². The fraction of sp³-hybridized carbons (Fsp3) is 0.333. The predicted molar refractivity (Wildman–Crippen MR) is 73.6 cm³/mol. The van der Waals surface area contributed by atoms with E-state index in [1.165, 1.54) is 12.3 Å². The Morgan fingerprint density at radius 3 is 2.90 bits per heavy atom. The average molecular weight is 277 g/mol. The lowest BCUT2D eigenvalue weighted by atomic mass is 10.2. The lowest BCUT2D eigenvalue weighted by Gasteiger charge is -2.07. The molecule has 0 aromatic carbocycles. The van der Waals surface area contributed by atoms with Crippen LogP contribution >= 0.6 is 0 Å². The summed E-state index contributed by atoms with van der Waals surface area (Å²) in [6.45, 7) is 2.29. The van der Waals surface area contributed by atoms with Gasteiger partial charge in [-0.05, 0) is 19.4 Å². The van der Waals surface area contributed by atoms with E-state index in [-0.39, 0.29) is 28.5 Å².